The Hall–Kier alpha value is -3.35. The highest BCUT2D eigenvalue weighted by molar-refractivity contribution is 5.89. The summed E-state index contributed by atoms with van der Waals surface area (Å²) >= 11 is 0. The molecule has 7 nitrogen and oxygen atoms in total. The minimum Gasteiger partial charge on any atom is -0.418 e. The van der Waals surface area contributed by atoms with E-state index in [2.05, 4.69) is 26.1 Å². The van der Waals surface area contributed by atoms with E-state index in [4.69, 9.17) is 4.42 Å². The molecule has 1 unspecified atom stereocenters. The second-order valence-corrected chi connectivity index (χ2v) is 6.63. The Labute approximate surface area is 157 Å². The molecule has 0 saturated heterocycles. The Morgan fingerprint density at radius 3 is 2.44 bits per heavy atom. The molecule has 1 atom stereocenters. The average Bonchev–Trinajstić information content (AvgIpc) is 3.34. The fourth-order valence-corrected chi connectivity index (χ4v) is 2.65. The summed E-state index contributed by atoms with van der Waals surface area (Å²) in [7, 11) is 0. The predicted octanol–water partition coefficient (Wildman–Crippen LogP) is 4.19. The number of carbonyl (C=O) groups is 1. The van der Waals surface area contributed by atoms with Crippen LogP contribution in [0.5, 0.6) is 0 Å². The van der Waals surface area contributed by atoms with Crippen LogP contribution in [0.2, 0.25) is 0 Å². The van der Waals surface area contributed by atoms with E-state index in [0.29, 0.717) is 17.8 Å². The van der Waals surface area contributed by atoms with Gasteiger partial charge in [0.15, 0.2) is 0 Å². The summed E-state index contributed by atoms with van der Waals surface area (Å²) in [4.78, 5) is 11.8. The Kier molecular flexibility index (Phi) is 4.74. The van der Waals surface area contributed by atoms with Gasteiger partial charge in [-0.1, -0.05) is 18.2 Å². The van der Waals surface area contributed by atoms with Gasteiger partial charge in [-0.2, -0.15) is 0 Å². The molecule has 3 N–H and O–H groups in total. The van der Waals surface area contributed by atoms with Gasteiger partial charge in [0.1, 0.15) is 6.04 Å². The first-order valence-corrected chi connectivity index (χ1v) is 9.00. The maximum atomic E-state index is 11.8. The molecule has 0 aliphatic heterocycles. The van der Waals surface area contributed by atoms with Gasteiger partial charge in [-0.25, -0.2) is 4.79 Å². The van der Waals surface area contributed by atoms with Gasteiger partial charge in [-0.05, 0) is 56.2 Å². The summed E-state index contributed by atoms with van der Waals surface area (Å²) in [6, 6.07) is 17.2. The summed E-state index contributed by atoms with van der Waals surface area (Å²) < 4.78 is 5.77. The lowest BCUT2D eigenvalue weighted by Gasteiger charge is -2.12. The van der Waals surface area contributed by atoms with E-state index in [1.54, 1.807) is 0 Å². The minimum absolute atomic E-state index is 0.146. The highest BCUT2D eigenvalue weighted by atomic mass is 16.4. The van der Waals surface area contributed by atoms with Gasteiger partial charge in [-0.3, -0.25) is 0 Å². The van der Waals surface area contributed by atoms with E-state index in [1.807, 2.05) is 61.5 Å². The SMILES string of the molecule is CC(Nc1ccc(NC(=O)NC2CC2)cc1)c1nnc(-c2ccccc2)o1. The summed E-state index contributed by atoms with van der Waals surface area (Å²) in [5, 5.41) is 17.3. The fourth-order valence-electron chi connectivity index (χ4n) is 2.65. The van der Waals surface area contributed by atoms with Crippen molar-refractivity contribution in [2.24, 2.45) is 0 Å². The lowest BCUT2D eigenvalue weighted by molar-refractivity contribution is 0.251. The number of nitrogens with zero attached hydrogens (tertiary/aromatic N) is 2. The molecule has 7 heteroatoms. The van der Waals surface area contributed by atoms with Crippen molar-refractivity contribution >= 4 is 17.4 Å². The zero-order valence-electron chi connectivity index (χ0n) is 15.0. The molecule has 2 aromatic carbocycles. The van der Waals surface area contributed by atoms with Crippen molar-refractivity contribution in [2.75, 3.05) is 10.6 Å². The number of aromatic nitrogens is 2. The Morgan fingerprint density at radius 2 is 1.74 bits per heavy atom. The molecule has 1 heterocycles. The number of nitrogens with one attached hydrogen (secondary N) is 3. The number of hydrogen-bond donors (Lipinski definition) is 3. The molecule has 1 aliphatic carbocycles. The summed E-state index contributed by atoms with van der Waals surface area (Å²) in [6.45, 7) is 1.96. The molecule has 0 spiro atoms. The van der Waals surface area contributed by atoms with E-state index in [-0.39, 0.29) is 12.1 Å². The van der Waals surface area contributed by atoms with Crippen LogP contribution in [-0.4, -0.2) is 22.3 Å². The van der Waals surface area contributed by atoms with E-state index in [0.717, 1.165) is 29.8 Å². The van der Waals surface area contributed by atoms with Crippen molar-refractivity contribution in [1.82, 2.24) is 15.5 Å². The van der Waals surface area contributed by atoms with Crippen LogP contribution in [0.25, 0.3) is 11.5 Å². The molecular weight excluding hydrogens is 342 g/mol. The van der Waals surface area contributed by atoms with E-state index in [9.17, 15) is 4.79 Å². The maximum Gasteiger partial charge on any atom is 0.319 e. The second kappa shape index (κ2) is 7.49. The molecule has 1 saturated carbocycles. The first kappa shape index (κ1) is 17.1. The predicted molar refractivity (Wildman–Crippen MR) is 103 cm³/mol. The molecule has 2 amide bonds. The molecule has 1 aliphatic rings. The quantitative estimate of drug-likeness (QED) is 0.611. The van der Waals surface area contributed by atoms with Gasteiger partial charge >= 0.3 is 6.03 Å². The van der Waals surface area contributed by atoms with Crippen LogP contribution < -0.4 is 16.0 Å². The van der Waals surface area contributed by atoms with E-state index >= 15 is 0 Å². The van der Waals surface area contributed by atoms with Gasteiger partial charge < -0.3 is 20.4 Å². The number of amides is 2. The van der Waals surface area contributed by atoms with Crippen LogP contribution in [0.15, 0.2) is 59.0 Å². The molecular formula is C20H21N5O2. The van der Waals surface area contributed by atoms with Crippen molar-refractivity contribution < 1.29 is 9.21 Å². The third-order valence-corrected chi connectivity index (χ3v) is 4.27. The maximum absolute atomic E-state index is 11.8. The van der Waals surface area contributed by atoms with E-state index in [1.165, 1.54) is 0 Å². The molecule has 3 aromatic rings. The van der Waals surface area contributed by atoms with E-state index < -0.39 is 0 Å². The number of carbonyl (C=O) groups excluding carboxylic acids is 1. The van der Waals surface area contributed by atoms with Crippen molar-refractivity contribution in [1.29, 1.82) is 0 Å². The van der Waals surface area contributed by atoms with Crippen LogP contribution >= 0.6 is 0 Å². The van der Waals surface area contributed by atoms with Crippen LogP contribution in [0.1, 0.15) is 31.7 Å². The van der Waals surface area contributed by atoms with Gasteiger partial charge in [0.05, 0.1) is 0 Å². The molecule has 27 heavy (non-hydrogen) atoms. The van der Waals surface area contributed by atoms with Crippen molar-refractivity contribution in [3.63, 3.8) is 0 Å². The van der Waals surface area contributed by atoms with Crippen molar-refractivity contribution in [2.45, 2.75) is 31.8 Å². The molecule has 0 bridgehead atoms. The lowest BCUT2D eigenvalue weighted by Crippen LogP contribution is -2.30. The Balaban J connectivity index is 1.35. The second-order valence-electron chi connectivity index (χ2n) is 6.63. The summed E-state index contributed by atoms with van der Waals surface area (Å²) in [5.74, 6) is 1.01. The average molecular weight is 363 g/mol. The first-order valence-electron chi connectivity index (χ1n) is 9.00. The lowest BCUT2D eigenvalue weighted by atomic mass is 10.2. The molecule has 138 valence electrons. The number of rotatable bonds is 6. The summed E-state index contributed by atoms with van der Waals surface area (Å²) in [5.41, 5.74) is 2.54. The monoisotopic (exact) mass is 363 g/mol. The number of hydrogen-bond acceptors (Lipinski definition) is 5. The summed E-state index contributed by atoms with van der Waals surface area (Å²) in [6.07, 6.45) is 2.13. The Morgan fingerprint density at radius 1 is 1.04 bits per heavy atom. The molecule has 4 rings (SSSR count). The Bertz CT molecular complexity index is 904. The van der Waals surface area contributed by atoms with Crippen LogP contribution in [0.3, 0.4) is 0 Å². The molecule has 0 radical (unpaired) electrons. The van der Waals surface area contributed by atoms with Gasteiger partial charge in [0.2, 0.25) is 11.8 Å². The van der Waals surface area contributed by atoms with Gasteiger partial charge in [-0.15, -0.1) is 10.2 Å². The number of urea groups is 1. The van der Waals surface area contributed by atoms with Gasteiger partial charge in [0.25, 0.3) is 0 Å². The van der Waals surface area contributed by atoms with Crippen LogP contribution in [0, 0.1) is 0 Å². The first-order chi connectivity index (χ1) is 13.2. The molecule has 1 fully saturated rings. The highest BCUT2D eigenvalue weighted by Crippen LogP contribution is 2.24. The van der Waals surface area contributed by atoms with Crippen molar-refractivity contribution in [3.05, 3.63) is 60.5 Å². The van der Waals surface area contributed by atoms with Crippen LogP contribution in [0.4, 0.5) is 16.2 Å². The normalized spacial score (nSPS) is 14.4. The fraction of sp³-hybridized carbons (Fsp3) is 0.250. The zero-order chi connectivity index (χ0) is 18.6. The third kappa shape index (κ3) is 4.44. The minimum atomic E-state index is -0.161. The highest BCUT2D eigenvalue weighted by Gasteiger charge is 2.23. The number of benzene rings is 2. The van der Waals surface area contributed by atoms with Crippen molar-refractivity contribution in [3.8, 4) is 11.5 Å². The van der Waals surface area contributed by atoms with Gasteiger partial charge in [0, 0.05) is 23.0 Å². The zero-order valence-corrected chi connectivity index (χ0v) is 15.0. The largest absolute Gasteiger partial charge is 0.418 e. The van der Waals surface area contributed by atoms with Crippen LogP contribution in [-0.2, 0) is 0 Å². The smallest absolute Gasteiger partial charge is 0.319 e. The third-order valence-electron chi connectivity index (χ3n) is 4.27. The molecule has 1 aromatic heterocycles. The number of anilines is 2. The standard InChI is InChI=1S/C20H21N5O2/c1-13(18-24-25-19(27-18)14-5-3-2-4-6-14)21-15-7-9-16(10-8-15)22-20(26)23-17-11-12-17/h2-10,13,17,21H,11-12H2,1H3,(H2,22,23,26). The topological polar surface area (TPSA) is 92.1 Å².